The molecule has 0 radical (unpaired) electrons. The fourth-order valence-electron chi connectivity index (χ4n) is 4.44. The van der Waals surface area contributed by atoms with Crippen LogP contribution >= 0.6 is 15.9 Å². The van der Waals surface area contributed by atoms with Crippen LogP contribution in [-0.4, -0.2) is 29.9 Å². The average molecular weight is 493 g/mol. The van der Waals surface area contributed by atoms with E-state index in [2.05, 4.69) is 15.9 Å². The van der Waals surface area contributed by atoms with Gasteiger partial charge < -0.3 is 4.74 Å². The Labute approximate surface area is 194 Å². The van der Waals surface area contributed by atoms with Gasteiger partial charge in [0.05, 0.1) is 25.4 Å². The topological polar surface area (TPSA) is 59.1 Å². The van der Waals surface area contributed by atoms with E-state index in [0.29, 0.717) is 5.75 Å². The first-order valence-electron chi connectivity index (χ1n) is 10.3. The van der Waals surface area contributed by atoms with E-state index in [1.54, 1.807) is 12.2 Å². The quantitative estimate of drug-likeness (QED) is 0.490. The van der Waals surface area contributed by atoms with Crippen molar-refractivity contribution < 1.29 is 19.2 Å². The minimum atomic E-state index is -0.889. The van der Waals surface area contributed by atoms with Gasteiger partial charge in [0.1, 0.15) is 11.7 Å². The molecule has 3 aromatic carbocycles. The number of fused-ring (bicyclic) bond motifs is 1. The van der Waals surface area contributed by atoms with Gasteiger partial charge in [-0.25, -0.2) is 5.06 Å². The molecule has 0 saturated carbocycles. The molecule has 3 atom stereocenters. The summed E-state index contributed by atoms with van der Waals surface area (Å²) in [5.41, 5.74) is 2.44. The Morgan fingerprint density at radius 1 is 0.938 bits per heavy atom. The summed E-state index contributed by atoms with van der Waals surface area (Å²) in [6.45, 7) is 0.225. The number of para-hydroxylation sites is 1. The normalized spacial score (nSPS) is 22.4. The van der Waals surface area contributed by atoms with Gasteiger partial charge in [-0.05, 0) is 35.9 Å². The van der Waals surface area contributed by atoms with Crippen molar-refractivity contribution in [2.24, 2.45) is 5.92 Å². The van der Waals surface area contributed by atoms with E-state index in [4.69, 9.17) is 9.57 Å². The number of ether oxygens (including phenoxy) is 1. The number of hydroxylamine groups is 1. The summed E-state index contributed by atoms with van der Waals surface area (Å²) in [5.74, 6) is -0.615. The van der Waals surface area contributed by atoms with E-state index in [1.165, 1.54) is 4.90 Å². The van der Waals surface area contributed by atoms with E-state index in [9.17, 15) is 9.59 Å². The first kappa shape index (κ1) is 20.7. The summed E-state index contributed by atoms with van der Waals surface area (Å²) in [6, 6.07) is 24.1. The minimum absolute atomic E-state index is 0.225. The molecule has 7 heteroatoms. The van der Waals surface area contributed by atoms with Crippen LogP contribution < -0.4 is 9.80 Å². The largest absolute Gasteiger partial charge is 0.496 e. The lowest BCUT2D eigenvalue weighted by Gasteiger charge is -2.29. The molecule has 2 aliphatic heterocycles. The zero-order valence-electron chi connectivity index (χ0n) is 17.4. The van der Waals surface area contributed by atoms with Crippen molar-refractivity contribution in [3.8, 4) is 5.75 Å². The van der Waals surface area contributed by atoms with E-state index in [1.807, 2.05) is 78.9 Å². The Morgan fingerprint density at radius 2 is 1.62 bits per heavy atom. The second-order valence-corrected chi connectivity index (χ2v) is 8.71. The van der Waals surface area contributed by atoms with Crippen LogP contribution in [0.5, 0.6) is 5.75 Å². The molecule has 2 fully saturated rings. The third-order valence-corrected chi connectivity index (χ3v) is 6.40. The Morgan fingerprint density at radius 3 is 2.31 bits per heavy atom. The molecule has 0 bridgehead atoms. The molecule has 0 N–H and O–H groups in total. The van der Waals surface area contributed by atoms with Gasteiger partial charge in [-0.2, -0.15) is 0 Å². The number of methoxy groups -OCH3 is 1. The Bertz CT molecular complexity index is 1160. The highest BCUT2D eigenvalue weighted by Crippen LogP contribution is 2.49. The lowest BCUT2D eigenvalue weighted by molar-refractivity contribution is -0.143. The molecule has 0 aliphatic carbocycles. The molecule has 2 saturated heterocycles. The molecule has 0 spiro atoms. The minimum Gasteiger partial charge on any atom is -0.496 e. The second-order valence-electron chi connectivity index (χ2n) is 7.79. The highest BCUT2D eigenvalue weighted by molar-refractivity contribution is 9.10. The number of imide groups is 1. The van der Waals surface area contributed by atoms with Crippen molar-refractivity contribution in [2.45, 2.75) is 18.7 Å². The highest BCUT2D eigenvalue weighted by atomic mass is 79.9. The molecule has 5 rings (SSSR count). The highest BCUT2D eigenvalue weighted by Gasteiger charge is 2.60. The number of rotatable bonds is 5. The summed E-state index contributed by atoms with van der Waals surface area (Å²) >= 11 is 3.53. The predicted molar refractivity (Wildman–Crippen MR) is 123 cm³/mol. The van der Waals surface area contributed by atoms with Gasteiger partial charge in [0.25, 0.3) is 5.91 Å². The smallest absolute Gasteiger partial charge is 0.262 e. The molecule has 3 aromatic rings. The second kappa shape index (κ2) is 8.41. The first-order valence-corrected chi connectivity index (χ1v) is 11.1. The first-order chi connectivity index (χ1) is 15.6. The zero-order valence-corrected chi connectivity index (χ0v) is 18.9. The van der Waals surface area contributed by atoms with Gasteiger partial charge in [0.2, 0.25) is 5.91 Å². The molecule has 2 heterocycles. The molecule has 0 unspecified atom stereocenters. The van der Waals surface area contributed by atoms with Crippen LogP contribution in [0.1, 0.15) is 17.2 Å². The van der Waals surface area contributed by atoms with E-state index in [0.717, 1.165) is 21.3 Å². The fraction of sp³-hybridized carbons (Fsp3) is 0.200. The lowest BCUT2D eigenvalue weighted by atomic mass is 9.90. The Balaban J connectivity index is 1.58. The van der Waals surface area contributed by atoms with Crippen LogP contribution in [0.25, 0.3) is 0 Å². The molecule has 32 heavy (non-hydrogen) atoms. The number of likely N-dealkylation sites (tertiary alicyclic amines) is 1. The van der Waals surface area contributed by atoms with Gasteiger partial charge in [-0.1, -0.05) is 64.5 Å². The average Bonchev–Trinajstić information content (AvgIpc) is 3.32. The fourth-order valence-corrected chi connectivity index (χ4v) is 4.82. The SMILES string of the molecule is COc1ccc(Br)cc1[C@@H]1[C@@H]2C(=O)N(Cc3ccccc3)C(=O)[C@@H]2ON1c1ccccc1. The molecule has 6 nitrogen and oxygen atoms in total. The maximum Gasteiger partial charge on any atom is 0.262 e. The van der Waals surface area contributed by atoms with E-state index in [-0.39, 0.29) is 18.4 Å². The van der Waals surface area contributed by atoms with Crippen molar-refractivity contribution in [1.29, 1.82) is 0 Å². The predicted octanol–water partition coefficient (Wildman–Crippen LogP) is 4.50. The number of halogens is 1. The van der Waals surface area contributed by atoms with Crippen LogP contribution in [-0.2, 0) is 21.0 Å². The third kappa shape index (κ3) is 3.47. The molecule has 2 amide bonds. The van der Waals surface area contributed by atoms with E-state index >= 15 is 0 Å². The lowest BCUT2D eigenvalue weighted by Crippen LogP contribution is -2.37. The maximum atomic E-state index is 13.6. The molecule has 162 valence electrons. The number of nitrogens with zero attached hydrogens (tertiary/aromatic N) is 2. The van der Waals surface area contributed by atoms with Crippen molar-refractivity contribution in [2.75, 3.05) is 12.2 Å². The van der Waals surface area contributed by atoms with Crippen LogP contribution in [0.4, 0.5) is 5.69 Å². The van der Waals surface area contributed by atoms with Gasteiger partial charge in [-0.3, -0.25) is 19.3 Å². The monoisotopic (exact) mass is 492 g/mol. The van der Waals surface area contributed by atoms with Gasteiger partial charge in [-0.15, -0.1) is 0 Å². The summed E-state index contributed by atoms with van der Waals surface area (Å²) in [7, 11) is 1.59. The van der Waals surface area contributed by atoms with Crippen molar-refractivity contribution in [3.05, 3.63) is 94.5 Å². The maximum absolute atomic E-state index is 13.6. The summed E-state index contributed by atoms with van der Waals surface area (Å²) < 4.78 is 6.47. The number of benzene rings is 3. The van der Waals surface area contributed by atoms with Gasteiger partial charge >= 0.3 is 0 Å². The van der Waals surface area contributed by atoms with Crippen LogP contribution in [0.3, 0.4) is 0 Å². The standard InChI is InChI=1S/C25H21BrN2O4/c1-31-20-13-12-17(26)14-19(20)22-21-23(32-28(22)18-10-6-3-7-11-18)25(30)27(24(21)29)15-16-8-4-2-5-9-16/h2-14,21-23H,15H2,1H3/t21-,22+,23+/m0/s1. The van der Waals surface area contributed by atoms with Crippen LogP contribution in [0.15, 0.2) is 83.3 Å². The number of carbonyl (C=O) groups excluding carboxylic acids is 2. The van der Waals surface area contributed by atoms with Crippen LogP contribution in [0, 0.1) is 5.92 Å². The Kier molecular flexibility index (Phi) is 5.45. The number of hydrogen-bond donors (Lipinski definition) is 0. The zero-order chi connectivity index (χ0) is 22.2. The van der Waals surface area contributed by atoms with E-state index < -0.39 is 18.1 Å². The Hall–Kier alpha value is -3.16. The van der Waals surface area contributed by atoms with Crippen molar-refractivity contribution >= 4 is 33.4 Å². The van der Waals surface area contributed by atoms with Crippen LogP contribution in [0.2, 0.25) is 0 Å². The molecular formula is C25H21BrN2O4. The summed E-state index contributed by atoms with van der Waals surface area (Å²) in [4.78, 5) is 34.4. The number of carbonyl (C=O) groups is 2. The number of hydrogen-bond acceptors (Lipinski definition) is 5. The molecule has 0 aromatic heterocycles. The summed E-state index contributed by atoms with van der Waals surface area (Å²) in [5, 5.41) is 1.68. The third-order valence-electron chi connectivity index (χ3n) is 5.91. The van der Waals surface area contributed by atoms with Crippen molar-refractivity contribution in [3.63, 3.8) is 0 Å². The number of anilines is 1. The molecular weight excluding hydrogens is 472 g/mol. The van der Waals surface area contributed by atoms with Gasteiger partial charge in [0.15, 0.2) is 6.10 Å². The van der Waals surface area contributed by atoms with Gasteiger partial charge in [0, 0.05) is 10.0 Å². The molecule has 2 aliphatic rings. The summed E-state index contributed by atoms with van der Waals surface area (Å²) in [6.07, 6.45) is -0.889. The van der Waals surface area contributed by atoms with Crippen molar-refractivity contribution in [1.82, 2.24) is 4.90 Å². The number of amides is 2.